The Kier molecular flexibility index (Phi) is 4.81. The van der Waals surface area contributed by atoms with E-state index in [0.29, 0.717) is 10.6 Å². The van der Waals surface area contributed by atoms with E-state index in [4.69, 9.17) is 11.6 Å². The summed E-state index contributed by atoms with van der Waals surface area (Å²) < 4.78 is 1.76. The van der Waals surface area contributed by atoms with Crippen LogP contribution in [0.1, 0.15) is 26.4 Å². The predicted octanol–water partition coefficient (Wildman–Crippen LogP) is 2.91. The molecule has 3 aromatic rings. The van der Waals surface area contributed by atoms with E-state index in [1.165, 1.54) is 0 Å². The van der Waals surface area contributed by atoms with Crippen LogP contribution >= 0.6 is 11.6 Å². The fourth-order valence-corrected chi connectivity index (χ4v) is 2.51. The van der Waals surface area contributed by atoms with Crippen LogP contribution in [-0.4, -0.2) is 21.6 Å². The minimum Gasteiger partial charge on any atom is -0.267 e. The van der Waals surface area contributed by atoms with Crippen molar-refractivity contribution in [1.82, 2.24) is 20.6 Å². The highest BCUT2D eigenvalue weighted by atomic mass is 35.5. The van der Waals surface area contributed by atoms with Crippen molar-refractivity contribution in [2.75, 3.05) is 0 Å². The van der Waals surface area contributed by atoms with E-state index in [1.807, 2.05) is 13.0 Å². The zero-order valence-electron chi connectivity index (χ0n) is 13.4. The summed E-state index contributed by atoms with van der Waals surface area (Å²) in [5.74, 6) is -0.910. The molecule has 0 aliphatic carbocycles. The smallest absolute Gasteiger partial charge is 0.267 e. The Balaban J connectivity index is 1.65. The molecule has 3 rings (SSSR count). The highest BCUT2D eigenvalue weighted by Crippen LogP contribution is 2.14. The molecule has 2 N–H and O–H groups in total. The number of halogens is 1. The highest BCUT2D eigenvalue weighted by Gasteiger charge is 2.12. The first-order chi connectivity index (χ1) is 12.1. The van der Waals surface area contributed by atoms with Crippen LogP contribution in [-0.2, 0) is 0 Å². The number of aryl methyl sites for hydroxylation is 1. The van der Waals surface area contributed by atoms with Crippen molar-refractivity contribution in [2.24, 2.45) is 0 Å². The van der Waals surface area contributed by atoms with Crippen molar-refractivity contribution >= 4 is 23.4 Å². The second kappa shape index (κ2) is 7.19. The van der Waals surface area contributed by atoms with Crippen LogP contribution in [0.3, 0.4) is 0 Å². The highest BCUT2D eigenvalue weighted by molar-refractivity contribution is 6.33. The third-order valence-corrected chi connectivity index (χ3v) is 3.94. The predicted molar refractivity (Wildman–Crippen MR) is 94.7 cm³/mol. The fraction of sp³-hybridized carbons (Fsp3) is 0.0556. The van der Waals surface area contributed by atoms with Gasteiger partial charge in [0.2, 0.25) is 0 Å². The Morgan fingerprint density at radius 1 is 0.960 bits per heavy atom. The molecule has 2 amide bonds. The Bertz CT molecular complexity index is 919. The van der Waals surface area contributed by atoms with E-state index in [9.17, 15) is 9.59 Å². The number of aromatic nitrogens is 2. The molecule has 0 aliphatic rings. The molecule has 0 fully saturated rings. The third-order valence-electron chi connectivity index (χ3n) is 3.61. The largest absolute Gasteiger partial charge is 0.271 e. The fourth-order valence-electron chi connectivity index (χ4n) is 2.29. The summed E-state index contributed by atoms with van der Waals surface area (Å²) in [6.07, 6.45) is 1.71. The van der Waals surface area contributed by atoms with Gasteiger partial charge in [-0.2, -0.15) is 5.10 Å². The standard InChI is InChI=1S/C18H15ClN4O2/c1-12-10-11-20-23(12)14-8-6-13(7-9-14)17(24)21-22-18(25)15-4-2-3-5-16(15)19/h2-11H,1H3,(H,21,24)(H,22,25). The summed E-state index contributed by atoms with van der Waals surface area (Å²) in [5, 5.41) is 4.52. The van der Waals surface area contributed by atoms with Crippen LogP contribution in [0.5, 0.6) is 0 Å². The number of benzene rings is 2. The van der Waals surface area contributed by atoms with Crippen molar-refractivity contribution in [3.05, 3.63) is 82.6 Å². The number of rotatable bonds is 3. The number of nitrogens with one attached hydrogen (secondary N) is 2. The molecule has 2 aromatic carbocycles. The maximum atomic E-state index is 12.1. The van der Waals surface area contributed by atoms with Crippen LogP contribution in [0.25, 0.3) is 5.69 Å². The summed E-state index contributed by atoms with van der Waals surface area (Å²) in [4.78, 5) is 24.2. The molecular weight excluding hydrogens is 340 g/mol. The van der Waals surface area contributed by atoms with Crippen LogP contribution in [0.2, 0.25) is 5.02 Å². The topological polar surface area (TPSA) is 76.0 Å². The van der Waals surface area contributed by atoms with Crippen LogP contribution in [0.15, 0.2) is 60.8 Å². The number of amides is 2. The van der Waals surface area contributed by atoms with Crippen molar-refractivity contribution in [3.8, 4) is 5.69 Å². The second-order valence-corrected chi connectivity index (χ2v) is 5.73. The van der Waals surface area contributed by atoms with Gasteiger partial charge in [-0.3, -0.25) is 20.4 Å². The van der Waals surface area contributed by atoms with Gasteiger partial charge in [-0.1, -0.05) is 23.7 Å². The van der Waals surface area contributed by atoms with E-state index in [1.54, 1.807) is 59.4 Å². The molecular formula is C18H15ClN4O2. The van der Waals surface area contributed by atoms with E-state index < -0.39 is 11.8 Å². The molecule has 126 valence electrons. The lowest BCUT2D eigenvalue weighted by molar-refractivity contribution is 0.0847. The van der Waals surface area contributed by atoms with Gasteiger partial charge < -0.3 is 0 Å². The van der Waals surface area contributed by atoms with Crippen molar-refractivity contribution in [2.45, 2.75) is 6.92 Å². The Labute approximate surface area is 149 Å². The summed E-state index contributed by atoms with van der Waals surface area (Å²) in [5.41, 5.74) is 7.25. The quantitative estimate of drug-likeness (QED) is 0.710. The maximum Gasteiger partial charge on any atom is 0.271 e. The first-order valence-electron chi connectivity index (χ1n) is 7.52. The van der Waals surface area contributed by atoms with Crippen LogP contribution < -0.4 is 10.9 Å². The lowest BCUT2D eigenvalue weighted by Crippen LogP contribution is -2.41. The SMILES string of the molecule is Cc1ccnn1-c1ccc(C(=O)NNC(=O)c2ccccc2Cl)cc1. The molecule has 0 aliphatic heterocycles. The van der Waals surface area contributed by atoms with Gasteiger partial charge in [0, 0.05) is 17.5 Å². The molecule has 7 heteroatoms. The van der Waals surface area contributed by atoms with Crippen molar-refractivity contribution in [3.63, 3.8) is 0 Å². The number of hydrogen-bond donors (Lipinski definition) is 2. The summed E-state index contributed by atoms with van der Waals surface area (Å²) in [7, 11) is 0. The maximum absolute atomic E-state index is 12.1. The molecule has 0 atom stereocenters. The molecule has 1 aromatic heterocycles. The Hall–Kier alpha value is -3.12. The molecule has 0 bridgehead atoms. The third kappa shape index (κ3) is 3.70. The number of hydrazine groups is 1. The Morgan fingerprint density at radius 2 is 1.64 bits per heavy atom. The van der Waals surface area contributed by atoms with E-state index in [0.717, 1.165) is 11.4 Å². The monoisotopic (exact) mass is 354 g/mol. The van der Waals surface area contributed by atoms with Gasteiger partial charge in [-0.25, -0.2) is 4.68 Å². The second-order valence-electron chi connectivity index (χ2n) is 5.32. The molecule has 1 heterocycles. The van der Waals surface area contributed by atoms with E-state index in [-0.39, 0.29) is 5.56 Å². The van der Waals surface area contributed by atoms with Gasteiger partial charge in [0.15, 0.2) is 0 Å². The molecule has 0 spiro atoms. The zero-order valence-corrected chi connectivity index (χ0v) is 14.1. The number of carbonyl (C=O) groups excluding carboxylic acids is 2. The van der Waals surface area contributed by atoms with Gasteiger partial charge in [-0.05, 0) is 49.4 Å². The first kappa shape index (κ1) is 16.7. The molecule has 0 saturated heterocycles. The van der Waals surface area contributed by atoms with Gasteiger partial charge in [0.25, 0.3) is 11.8 Å². The summed E-state index contributed by atoms with van der Waals surface area (Å²) in [6.45, 7) is 1.94. The molecule has 6 nitrogen and oxygen atoms in total. The normalized spacial score (nSPS) is 10.3. The van der Waals surface area contributed by atoms with Gasteiger partial charge in [0.1, 0.15) is 0 Å². The molecule has 0 unspecified atom stereocenters. The lowest BCUT2D eigenvalue weighted by atomic mass is 10.2. The van der Waals surface area contributed by atoms with Crippen molar-refractivity contribution < 1.29 is 9.59 Å². The Morgan fingerprint density at radius 3 is 2.28 bits per heavy atom. The summed E-state index contributed by atoms with van der Waals surface area (Å²) >= 11 is 5.95. The zero-order chi connectivity index (χ0) is 17.8. The van der Waals surface area contributed by atoms with E-state index in [2.05, 4.69) is 16.0 Å². The van der Waals surface area contributed by atoms with Crippen LogP contribution in [0.4, 0.5) is 0 Å². The number of nitrogens with zero attached hydrogens (tertiary/aromatic N) is 2. The lowest BCUT2D eigenvalue weighted by Gasteiger charge is -2.09. The minimum absolute atomic E-state index is 0.286. The van der Waals surface area contributed by atoms with Crippen molar-refractivity contribution in [1.29, 1.82) is 0 Å². The molecule has 25 heavy (non-hydrogen) atoms. The number of carbonyl (C=O) groups is 2. The van der Waals surface area contributed by atoms with Crippen LogP contribution in [0, 0.1) is 6.92 Å². The summed E-state index contributed by atoms with van der Waals surface area (Å²) in [6, 6.07) is 15.4. The minimum atomic E-state index is -0.484. The average Bonchev–Trinajstić information content (AvgIpc) is 3.06. The first-order valence-corrected chi connectivity index (χ1v) is 7.90. The average molecular weight is 355 g/mol. The van der Waals surface area contributed by atoms with Gasteiger partial charge in [0.05, 0.1) is 16.3 Å². The number of hydrogen-bond acceptors (Lipinski definition) is 3. The molecule has 0 radical (unpaired) electrons. The van der Waals surface area contributed by atoms with Gasteiger partial charge >= 0.3 is 0 Å². The van der Waals surface area contributed by atoms with E-state index >= 15 is 0 Å². The van der Waals surface area contributed by atoms with Gasteiger partial charge in [-0.15, -0.1) is 0 Å². The molecule has 0 saturated carbocycles.